The molecule has 9 atom stereocenters. The molecule has 4 fully saturated rings. The highest BCUT2D eigenvalue weighted by Crippen LogP contribution is 2.68. The lowest BCUT2D eigenvalue weighted by atomic mass is 9.46. The molecule has 1 aliphatic heterocycles. The standard InChI is InChI=1S/C22H35NO2/c1-13-17-6-7-18-16-5-4-14-10-15(24)8-9-21(14,2)19(16)11-20(25)22(17,18)12-23(13)3/h4,13,15-20,24-25H,5-12H2,1-3H3. The van der Waals surface area contributed by atoms with E-state index in [-0.39, 0.29) is 23.0 Å². The lowest BCUT2D eigenvalue weighted by Gasteiger charge is -2.59. The molecule has 4 aliphatic carbocycles. The van der Waals surface area contributed by atoms with Crippen LogP contribution < -0.4 is 0 Å². The van der Waals surface area contributed by atoms with E-state index < -0.39 is 0 Å². The number of aliphatic hydroxyl groups excluding tert-OH is 2. The lowest BCUT2D eigenvalue weighted by Crippen LogP contribution is -2.57. The molecule has 1 saturated heterocycles. The molecule has 0 aromatic rings. The quantitative estimate of drug-likeness (QED) is 0.663. The van der Waals surface area contributed by atoms with Gasteiger partial charge in [0.05, 0.1) is 12.2 Å². The molecular weight excluding hydrogens is 310 g/mol. The first-order valence-electron chi connectivity index (χ1n) is 10.6. The lowest BCUT2D eigenvalue weighted by molar-refractivity contribution is -0.127. The summed E-state index contributed by atoms with van der Waals surface area (Å²) < 4.78 is 0. The van der Waals surface area contributed by atoms with Crippen molar-refractivity contribution in [3.05, 3.63) is 11.6 Å². The maximum Gasteiger partial charge on any atom is 0.0617 e. The zero-order valence-electron chi connectivity index (χ0n) is 16.1. The highest BCUT2D eigenvalue weighted by Gasteiger charge is 2.67. The summed E-state index contributed by atoms with van der Waals surface area (Å²) in [7, 11) is 2.26. The average molecular weight is 346 g/mol. The molecule has 9 unspecified atom stereocenters. The van der Waals surface area contributed by atoms with Gasteiger partial charge in [-0.15, -0.1) is 0 Å². The van der Waals surface area contributed by atoms with Gasteiger partial charge in [-0.3, -0.25) is 0 Å². The SMILES string of the molecule is CC1C2CCC3C4CC=C5CC(O)CCC5(C)C4CC(O)C32CN1C. The number of hydrogen-bond acceptors (Lipinski definition) is 3. The predicted molar refractivity (Wildman–Crippen MR) is 99.0 cm³/mol. The summed E-state index contributed by atoms with van der Waals surface area (Å²) in [5, 5.41) is 21.6. The van der Waals surface area contributed by atoms with Crippen molar-refractivity contribution in [3.8, 4) is 0 Å². The van der Waals surface area contributed by atoms with Crippen LogP contribution >= 0.6 is 0 Å². The van der Waals surface area contributed by atoms with Crippen LogP contribution in [0.1, 0.15) is 58.8 Å². The van der Waals surface area contributed by atoms with E-state index in [1.807, 2.05) is 0 Å². The number of fused-ring (bicyclic) bond motifs is 4. The van der Waals surface area contributed by atoms with Crippen molar-refractivity contribution in [2.24, 2.45) is 34.5 Å². The van der Waals surface area contributed by atoms with E-state index in [2.05, 4.69) is 31.9 Å². The fraction of sp³-hybridized carbons (Fsp3) is 0.909. The number of likely N-dealkylation sites (tertiary alicyclic amines) is 1. The maximum absolute atomic E-state index is 11.5. The molecule has 0 amide bonds. The van der Waals surface area contributed by atoms with Crippen LogP contribution in [0.2, 0.25) is 0 Å². The van der Waals surface area contributed by atoms with Gasteiger partial charge in [0.2, 0.25) is 0 Å². The van der Waals surface area contributed by atoms with Crippen LogP contribution in [0.15, 0.2) is 11.6 Å². The van der Waals surface area contributed by atoms with Crippen molar-refractivity contribution in [1.29, 1.82) is 0 Å². The van der Waals surface area contributed by atoms with Gasteiger partial charge in [0.15, 0.2) is 0 Å². The molecular formula is C22H35NO2. The molecule has 25 heavy (non-hydrogen) atoms. The molecule has 0 radical (unpaired) electrons. The Kier molecular flexibility index (Phi) is 3.57. The summed E-state index contributed by atoms with van der Waals surface area (Å²) in [6, 6.07) is 0.617. The molecule has 2 N–H and O–H groups in total. The normalized spacial score (nSPS) is 58.1. The summed E-state index contributed by atoms with van der Waals surface area (Å²) in [6.07, 6.45) is 9.94. The van der Waals surface area contributed by atoms with E-state index >= 15 is 0 Å². The van der Waals surface area contributed by atoms with Crippen LogP contribution in [-0.2, 0) is 0 Å². The summed E-state index contributed by atoms with van der Waals surface area (Å²) in [6.45, 7) is 5.92. The van der Waals surface area contributed by atoms with Crippen LogP contribution in [0, 0.1) is 34.5 Å². The molecule has 1 spiro atoms. The van der Waals surface area contributed by atoms with Crippen LogP contribution in [-0.4, -0.2) is 47.0 Å². The summed E-state index contributed by atoms with van der Waals surface area (Å²) in [4.78, 5) is 2.52. The average Bonchev–Trinajstić information content (AvgIpc) is 3.06. The summed E-state index contributed by atoms with van der Waals surface area (Å²) in [5.74, 6) is 2.74. The second-order valence-electron chi connectivity index (χ2n) is 10.4. The van der Waals surface area contributed by atoms with Crippen molar-refractivity contribution in [2.75, 3.05) is 13.6 Å². The van der Waals surface area contributed by atoms with Crippen LogP contribution in [0.25, 0.3) is 0 Å². The van der Waals surface area contributed by atoms with Crippen LogP contribution in [0.4, 0.5) is 0 Å². The van der Waals surface area contributed by atoms with E-state index in [4.69, 9.17) is 0 Å². The van der Waals surface area contributed by atoms with Crippen molar-refractivity contribution in [2.45, 2.75) is 77.0 Å². The van der Waals surface area contributed by atoms with Gasteiger partial charge in [0.1, 0.15) is 0 Å². The molecule has 3 nitrogen and oxygen atoms in total. The minimum absolute atomic E-state index is 0.137. The summed E-state index contributed by atoms with van der Waals surface area (Å²) >= 11 is 0. The van der Waals surface area contributed by atoms with Crippen LogP contribution in [0.5, 0.6) is 0 Å². The molecule has 0 aromatic heterocycles. The van der Waals surface area contributed by atoms with Gasteiger partial charge < -0.3 is 15.1 Å². The molecule has 0 bridgehead atoms. The second kappa shape index (κ2) is 5.33. The van der Waals surface area contributed by atoms with E-state index in [9.17, 15) is 10.2 Å². The zero-order chi connectivity index (χ0) is 17.6. The maximum atomic E-state index is 11.5. The van der Waals surface area contributed by atoms with E-state index in [1.165, 1.54) is 24.8 Å². The fourth-order valence-corrected chi connectivity index (χ4v) is 8.40. The van der Waals surface area contributed by atoms with Gasteiger partial charge in [-0.1, -0.05) is 18.6 Å². The fourth-order valence-electron chi connectivity index (χ4n) is 8.40. The van der Waals surface area contributed by atoms with E-state index in [0.29, 0.717) is 23.8 Å². The predicted octanol–water partition coefficient (Wildman–Crippen LogP) is 3.21. The Morgan fingerprint density at radius 1 is 1.12 bits per heavy atom. The molecule has 3 heteroatoms. The van der Waals surface area contributed by atoms with Gasteiger partial charge in [-0.05, 0) is 88.0 Å². The third-order valence-electron chi connectivity index (χ3n) is 9.74. The van der Waals surface area contributed by atoms with E-state index in [0.717, 1.165) is 38.1 Å². The molecule has 1 heterocycles. The Morgan fingerprint density at radius 2 is 1.88 bits per heavy atom. The smallest absolute Gasteiger partial charge is 0.0617 e. The van der Waals surface area contributed by atoms with E-state index in [1.54, 1.807) is 0 Å². The minimum Gasteiger partial charge on any atom is -0.393 e. The van der Waals surface area contributed by atoms with Gasteiger partial charge >= 0.3 is 0 Å². The van der Waals surface area contributed by atoms with Gasteiger partial charge in [0, 0.05) is 18.0 Å². The Morgan fingerprint density at radius 3 is 2.68 bits per heavy atom. The van der Waals surface area contributed by atoms with Crippen molar-refractivity contribution < 1.29 is 10.2 Å². The van der Waals surface area contributed by atoms with Crippen molar-refractivity contribution in [1.82, 2.24) is 4.90 Å². The molecule has 5 aliphatic rings. The van der Waals surface area contributed by atoms with Gasteiger partial charge in [-0.2, -0.15) is 0 Å². The number of nitrogens with zero attached hydrogens (tertiary/aromatic N) is 1. The largest absolute Gasteiger partial charge is 0.393 e. The Bertz CT molecular complexity index is 603. The first-order chi connectivity index (χ1) is 11.9. The molecule has 3 saturated carbocycles. The first-order valence-corrected chi connectivity index (χ1v) is 10.6. The summed E-state index contributed by atoms with van der Waals surface area (Å²) in [5.41, 5.74) is 1.88. The second-order valence-corrected chi connectivity index (χ2v) is 10.4. The number of allylic oxidation sites excluding steroid dienone is 1. The van der Waals surface area contributed by atoms with Crippen molar-refractivity contribution >= 4 is 0 Å². The Hall–Kier alpha value is -0.380. The van der Waals surface area contributed by atoms with Gasteiger partial charge in [-0.25, -0.2) is 0 Å². The third-order valence-corrected chi connectivity index (χ3v) is 9.74. The monoisotopic (exact) mass is 345 g/mol. The Balaban J connectivity index is 1.53. The minimum atomic E-state index is -0.143. The zero-order valence-corrected chi connectivity index (χ0v) is 16.1. The third kappa shape index (κ3) is 1.98. The highest BCUT2D eigenvalue weighted by atomic mass is 16.3. The number of aliphatic hydroxyl groups is 2. The van der Waals surface area contributed by atoms with Crippen LogP contribution in [0.3, 0.4) is 0 Å². The van der Waals surface area contributed by atoms with Gasteiger partial charge in [0.25, 0.3) is 0 Å². The molecule has 140 valence electrons. The topological polar surface area (TPSA) is 43.7 Å². The molecule has 5 rings (SSSR count). The number of hydrogen-bond donors (Lipinski definition) is 2. The highest BCUT2D eigenvalue weighted by molar-refractivity contribution is 5.27. The van der Waals surface area contributed by atoms with Crippen molar-refractivity contribution in [3.63, 3.8) is 0 Å². The molecule has 0 aromatic carbocycles. The Labute approximate surface area is 152 Å². The number of rotatable bonds is 0. The first kappa shape index (κ1) is 16.8.